The summed E-state index contributed by atoms with van der Waals surface area (Å²) in [6, 6.07) is 7.67. The van der Waals surface area contributed by atoms with Gasteiger partial charge in [-0.05, 0) is 26.0 Å². The summed E-state index contributed by atoms with van der Waals surface area (Å²) in [5, 5.41) is 1.69. The van der Waals surface area contributed by atoms with Gasteiger partial charge in [0.05, 0.1) is 6.61 Å². The second-order valence-electron chi connectivity index (χ2n) is 3.36. The van der Waals surface area contributed by atoms with E-state index in [0.717, 1.165) is 22.3 Å². The molecule has 1 aromatic heterocycles. The fourth-order valence-corrected chi connectivity index (χ4v) is 1.75. The molecule has 2 rings (SSSR count). The average molecular weight is 222 g/mol. The first-order chi connectivity index (χ1) is 7.20. The number of hydrogen-bond donors (Lipinski definition) is 0. The Kier molecular flexibility index (Phi) is 2.78. The quantitative estimate of drug-likeness (QED) is 0.773. The van der Waals surface area contributed by atoms with Crippen LogP contribution < -0.4 is 4.74 Å². The summed E-state index contributed by atoms with van der Waals surface area (Å²) in [5.74, 6) is 0.753. The zero-order valence-electron chi connectivity index (χ0n) is 8.75. The van der Waals surface area contributed by atoms with Crippen LogP contribution in [0, 0.1) is 6.92 Å². The Morgan fingerprint density at radius 2 is 2.13 bits per heavy atom. The molecule has 0 unspecified atom stereocenters. The van der Waals surface area contributed by atoms with Crippen LogP contribution in [0.25, 0.3) is 10.9 Å². The summed E-state index contributed by atoms with van der Waals surface area (Å²) in [6.07, 6.45) is 0. The van der Waals surface area contributed by atoms with Gasteiger partial charge in [-0.1, -0.05) is 17.7 Å². The molecule has 78 valence electrons. The molecule has 0 saturated carbocycles. The third kappa shape index (κ3) is 2.05. The van der Waals surface area contributed by atoms with Crippen LogP contribution in [-0.4, -0.2) is 11.6 Å². The minimum Gasteiger partial charge on any atom is -0.492 e. The van der Waals surface area contributed by atoms with E-state index in [1.54, 1.807) is 6.07 Å². The minimum atomic E-state index is 0.616. The van der Waals surface area contributed by atoms with Crippen molar-refractivity contribution in [3.8, 4) is 5.75 Å². The van der Waals surface area contributed by atoms with Crippen molar-refractivity contribution in [2.45, 2.75) is 13.8 Å². The normalized spacial score (nSPS) is 10.6. The fourth-order valence-electron chi connectivity index (χ4n) is 1.53. The van der Waals surface area contributed by atoms with Crippen LogP contribution in [0.4, 0.5) is 0 Å². The van der Waals surface area contributed by atoms with Crippen LogP contribution in [0.5, 0.6) is 5.75 Å². The molecule has 0 amide bonds. The molecule has 0 aliphatic heterocycles. The van der Waals surface area contributed by atoms with Crippen LogP contribution in [-0.2, 0) is 0 Å². The zero-order valence-corrected chi connectivity index (χ0v) is 9.51. The van der Waals surface area contributed by atoms with Crippen molar-refractivity contribution in [3.05, 3.63) is 35.0 Å². The van der Waals surface area contributed by atoms with E-state index in [1.165, 1.54) is 0 Å². The van der Waals surface area contributed by atoms with E-state index >= 15 is 0 Å². The van der Waals surface area contributed by atoms with Crippen molar-refractivity contribution in [2.24, 2.45) is 0 Å². The summed E-state index contributed by atoms with van der Waals surface area (Å²) in [6.45, 7) is 4.53. The number of halogens is 1. The first kappa shape index (κ1) is 10.2. The first-order valence-electron chi connectivity index (χ1n) is 4.90. The van der Waals surface area contributed by atoms with E-state index in [4.69, 9.17) is 16.3 Å². The maximum atomic E-state index is 5.99. The predicted octanol–water partition coefficient (Wildman–Crippen LogP) is 3.60. The number of ether oxygens (including phenoxy) is 1. The maximum Gasteiger partial charge on any atom is 0.146 e. The largest absolute Gasteiger partial charge is 0.492 e. The molecular weight excluding hydrogens is 210 g/mol. The highest BCUT2D eigenvalue weighted by Crippen LogP contribution is 2.28. The molecule has 1 aromatic carbocycles. The molecule has 15 heavy (non-hydrogen) atoms. The minimum absolute atomic E-state index is 0.616. The molecule has 2 aromatic rings. The zero-order chi connectivity index (χ0) is 10.8. The molecule has 0 saturated heterocycles. The Hall–Kier alpha value is -1.28. The van der Waals surface area contributed by atoms with Gasteiger partial charge in [0.25, 0.3) is 0 Å². The van der Waals surface area contributed by atoms with Gasteiger partial charge in [0, 0.05) is 22.2 Å². The van der Waals surface area contributed by atoms with E-state index in [0.29, 0.717) is 11.6 Å². The van der Waals surface area contributed by atoms with Gasteiger partial charge >= 0.3 is 0 Å². The number of fused-ring (bicyclic) bond motifs is 1. The summed E-state index contributed by atoms with van der Waals surface area (Å²) >= 11 is 5.99. The monoisotopic (exact) mass is 221 g/mol. The van der Waals surface area contributed by atoms with Crippen LogP contribution in [0.1, 0.15) is 12.6 Å². The lowest BCUT2D eigenvalue weighted by atomic mass is 10.2. The van der Waals surface area contributed by atoms with Gasteiger partial charge in [0.2, 0.25) is 0 Å². The summed E-state index contributed by atoms with van der Waals surface area (Å²) in [7, 11) is 0. The van der Waals surface area contributed by atoms with Gasteiger partial charge in [0.15, 0.2) is 0 Å². The van der Waals surface area contributed by atoms with Gasteiger partial charge in [-0.25, -0.2) is 4.98 Å². The van der Waals surface area contributed by atoms with E-state index in [2.05, 4.69) is 4.98 Å². The third-order valence-corrected chi connectivity index (χ3v) is 2.38. The van der Waals surface area contributed by atoms with Gasteiger partial charge < -0.3 is 4.74 Å². The highest BCUT2D eigenvalue weighted by Gasteiger charge is 2.05. The molecule has 0 aliphatic rings. The SMILES string of the molecule is CCOc1cc(Cl)cc2ccc(C)nc12. The van der Waals surface area contributed by atoms with Crippen molar-refractivity contribution < 1.29 is 4.74 Å². The molecule has 0 aliphatic carbocycles. The summed E-state index contributed by atoms with van der Waals surface area (Å²) < 4.78 is 5.51. The van der Waals surface area contributed by atoms with Crippen molar-refractivity contribution in [3.63, 3.8) is 0 Å². The number of rotatable bonds is 2. The smallest absolute Gasteiger partial charge is 0.146 e. The number of aryl methyl sites for hydroxylation is 1. The fraction of sp³-hybridized carbons (Fsp3) is 0.250. The lowest BCUT2D eigenvalue weighted by molar-refractivity contribution is 0.343. The molecule has 2 nitrogen and oxygen atoms in total. The highest BCUT2D eigenvalue weighted by atomic mass is 35.5. The Bertz CT molecular complexity index is 496. The summed E-state index contributed by atoms with van der Waals surface area (Å²) in [4.78, 5) is 4.45. The average Bonchev–Trinajstić information content (AvgIpc) is 2.19. The Morgan fingerprint density at radius 1 is 1.33 bits per heavy atom. The van der Waals surface area contributed by atoms with Gasteiger partial charge in [-0.3, -0.25) is 0 Å². The Labute approximate surface area is 93.8 Å². The highest BCUT2D eigenvalue weighted by molar-refractivity contribution is 6.31. The predicted molar refractivity (Wildman–Crippen MR) is 62.7 cm³/mol. The number of hydrogen-bond acceptors (Lipinski definition) is 2. The Morgan fingerprint density at radius 3 is 2.87 bits per heavy atom. The lowest BCUT2D eigenvalue weighted by Gasteiger charge is -2.07. The van der Waals surface area contributed by atoms with Gasteiger partial charge in [-0.15, -0.1) is 0 Å². The van der Waals surface area contributed by atoms with Crippen molar-refractivity contribution in [2.75, 3.05) is 6.61 Å². The molecule has 0 spiro atoms. The number of benzene rings is 1. The lowest BCUT2D eigenvalue weighted by Crippen LogP contribution is -1.94. The standard InChI is InChI=1S/C12H12ClNO/c1-3-15-11-7-10(13)6-9-5-4-8(2)14-12(9)11/h4-7H,3H2,1-2H3. The van der Waals surface area contributed by atoms with Crippen LogP contribution in [0.3, 0.4) is 0 Å². The van der Waals surface area contributed by atoms with E-state index in [-0.39, 0.29) is 0 Å². The second-order valence-corrected chi connectivity index (χ2v) is 3.80. The van der Waals surface area contributed by atoms with Crippen LogP contribution in [0.15, 0.2) is 24.3 Å². The number of nitrogens with zero attached hydrogens (tertiary/aromatic N) is 1. The third-order valence-electron chi connectivity index (χ3n) is 2.16. The molecule has 1 heterocycles. The van der Waals surface area contributed by atoms with Crippen molar-refractivity contribution in [1.82, 2.24) is 4.98 Å². The van der Waals surface area contributed by atoms with Crippen LogP contribution >= 0.6 is 11.6 Å². The first-order valence-corrected chi connectivity index (χ1v) is 5.28. The second kappa shape index (κ2) is 4.07. The number of aromatic nitrogens is 1. The van der Waals surface area contributed by atoms with Gasteiger partial charge in [0.1, 0.15) is 11.3 Å². The van der Waals surface area contributed by atoms with Crippen LogP contribution in [0.2, 0.25) is 5.02 Å². The molecule has 0 bridgehead atoms. The van der Waals surface area contributed by atoms with Crippen molar-refractivity contribution in [1.29, 1.82) is 0 Å². The molecule has 0 atom stereocenters. The summed E-state index contributed by atoms with van der Waals surface area (Å²) in [5.41, 5.74) is 1.85. The molecule has 3 heteroatoms. The maximum absolute atomic E-state index is 5.99. The van der Waals surface area contributed by atoms with E-state index in [1.807, 2.05) is 32.0 Å². The molecule has 0 fully saturated rings. The Balaban J connectivity index is 2.70. The van der Waals surface area contributed by atoms with Gasteiger partial charge in [-0.2, -0.15) is 0 Å². The van der Waals surface area contributed by atoms with E-state index < -0.39 is 0 Å². The topological polar surface area (TPSA) is 22.1 Å². The number of pyridine rings is 1. The molecule has 0 radical (unpaired) electrons. The molecule has 0 N–H and O–H groups in total. The van der Waals surface area contributed by atoms with E-state index in [9.17, 15) is 0 Å². The molecular formula is C12H12ClNO. The van der Waals surface area contributed by atoms with Crippen molar-refractivity contribution >= 4 is 22.5 Å².